The minimum Gasteiger partial charge on any atom is -0.391 e. The smallest absolute Gasteiger partial charge is 0.248 e. The molecule has 3 N–H and O–H groups in total. The van der Waals surface area contributed by atoms with Crippen LogP contribution in [-0.4, -0.2) is 82.3 Å². The van der Waals surface area contributed by atoms with Gasteiger partial charge in [0.15, 0.2) is 0 Å². The minimum atomic E-state index is -3.46. The number of amides is 2. The molecule has 202 valence electrons. The second kappa shape index (κ2) is 10.0. The molecule has 36 heavy (non-hydrogen) atoms. The predicted octanol–water partition coefficient (Wildman–Crippen LogP) is 1.07. The summed E-state index contributed by atoms with van der Waals surface area (Å²) in [7, 11) is -3.46. The van der Waals surface area contributed by atoms with Crippen LogP contribution in [0.2, 0.25) is 0 Å². The molecule has 2 heterocycles. The fourth-order valence-corrected chi connectivity index (χ4v) is 6.70. The van der Waals surface area contributed by atoms with Crippen molar-refractivity contribution in [3.05, 3.63) is 11.9 Å². The zero-order chi connectivity index (χ0) is 26.3. The number of aromatic nitrogens is 3. The van der Waals surface area contributed by atoms with Gasteiger partial charge in [-0.2, -0.15) is 0 Å². The summed E-state index contributed by atoms with van der Waals surface area (Å²) in [6.45, 7) is 6.03. The van der Waals surface area contributed by atoms with E-state index in [0.717, 1.165) is 44.1 Å². The van der Waals surface area contributed by atoms with Crippen molar-refractivity contribution in [3.63, 3.8) is 0 Å². The Labute approximate surface area is 213 Å². The third kappa shape index (κ3) is 6.25. The molecule has 3 aliphatic rings. The monoisotopic (exact) mass is 524 g/mol. The number of carbonyl (C=O) groups excluding carboxylic acids is 2. The molecule has 2 unspecified atom stereocenters. The molecule has 4 rings (SSSR count). The summed E-state index contributed by atoms with van der Waals surface area (Å²) in [6.07, 6.45) is 8.46. The molecule has 1 aromatic heterocycles. The summed E-state index contributed by atoms with van der Waals surface area (Å²) >= 11 is 0. The van der Waals surface area contributed by atoms with Crippen LogP contribution in [0, 0.1) is 5.41 Å². The summed E-state index contributed by atoms with van der Waals surface area (Å²) in [5, 5.41) is 21.9. The topological polar surface area (TPSA) is 147 Å². The van der Waals surface area contributed by atoms with Gasteiger partial charge in [-0.3, -0.25) is 9.59 Å². The van der Waals surface area contributed by atoms with Gasteiger partial charge in [0.2, 0.25) is 21.8 Å². The molecule has 0 spiro atoms. The highest BCUT2D eigenvalue weighted by atomic mass is 32.2. The summed E-state index contributed by atoms with van der Waals surface area (Å²) < 4.78 is 28.4. The lowest BCUT2D eigenvalue weighted by Gasteiger charge is -2.38. The van der Waals surface area contributed by atoms with Gasteiger partial charge in [0.1, 0.15) is 12.1 Å². The number of aliphatic hydroxyl groups excluding tert-OH is 1. The molecule has 12 heteroatoms. The zero-order valence-electron chi connectivity index (χ0n) is 21.7. The average Bonchev–Trinajstić information content (AvgIpc) is 3.38. The van der Waals surface area contributed by atoms with E-state index in [-0.39, 0.29) is 31.3 Å². The number of sulfonamides is 1. The van der Waals surface area contributed by atoms with E-state index in [4.69, 9.17) is 0 Å². The van der Waals surface area contributed by atoms with E-state index >= 15 is 0 Å². The molecular formula is C24H40N6O5S. The fourth-order valence-electron chi connectivity index (χ4n) is 5.64. The number of hydrogen-bond acceptors (Lipinski definition) is 7. The van der Waals surface area contributed by atoms with Crippen LogP contribution in [0.25, 0.3) is 0 Å². The Balaban J connectivity index is 1.51. The summed E-state index contributed by atoms with van der Waals surface area (Å²) in [5.41, 5.74) is -0.364. The van der Waals surface area contributed by atoms with E-state index in [1.165, 1.54) is 4.90 Å². The minimum absolute atomic E-state index is 0.0560. The molecule has 0 aromatic carbocycles. The van der Waals surface area contributed by atoms with Crippen LogP contribution in [0.4, 0.5) is 0 Å². The number of rotatable bonds is 8. The number of likely N-dealkylation sites (tertiary alicyclic amines) is 1. The Morgan fingerprint density at radius 1 is 1.22 bits per heavy atom. The lowest BCUT2D eigenvalue weighted by atomic mass is 9.82. The van der Waals surface area contributed by atoms with E-state index in [2.05, 4.69) is 20.4 Å². The first-order valence-electron chi connectivity index (χ1n) is 12.9. The molecule has 2 aliphatic carbocycles. The van der Waals surface area contributed by atoms with Gasteiger partial charge in [0, 0.05) is 31.6 Å². The molecule has 2 saturated carbocycles. The van der Waals surface area contributed by atoms with Crippen molar-refractivity contribution in [1.29, 1.82) is 0 Å². The second-order valence-corrected chi connectivity index (χ2v) is 13.7. The average molecular weight is 525 g/mol. The zero-order valence-corrected chi connectivity index (χ0v) is 22.6. The maximum Gasteiger partial charge on any atom is 0.248 e. The van der Waals surface area contributed by atoms with E-state index in [1.54, 1.807) is 4.68 Å². The Morgan fingerprint density at radius 2 is 1.89 bits per heavy atom. The standard InChI is InChI=1S/C24H40N6O5S/c1-23(2,3)20(30-14-18(26-28-30)16-8-9-16)22(33)29-13-17(31)12-19(29)21(32)25-15-24(27-36(4,34)35)10-6-5-7-11-24/h14,16-17,19-20,27,31H,5-13,15H2,1-4H3,(H,25,32)/t17?,19?,20-/m1/s1. The van der Waals surface area contributed by atoms with Gasteiger partial charge in [-0.15, -0.1) is 5.10 Å². The van der Waals surface area contributed by atoms with Crippen molar-refractivity contribution < 1.29 is 23.1 Å². The predicted molar refractivity (Wildman–Crippen MR) is 133 cm³/mol. The number of carbonyl (C=O) groups is 2. The van der Waals surface area contributed by atoms with Crippen LogP contribution < -0.4 is 10.0 Å². The van der Waals surface area contributed by atoms with E-state index in [1.807, 2.05) is 27.0 Å². The van der Waals surface area contributed by atoms with E-state index in [9.17, 15) is 23.1 Å². The first-order chi connectivity index (χ1) is 16.8. The molecule has 3 fully saturated rings. The van der Waals surface area contributed by atoms with E-state index < -0.39 is 39.2 Å². The van der Waals surface area contributed by atoms with Gasteiger partial charge >= 0.3 is 0 Å². The summed E-state index contributed by atoms with van der Waals surface area (Å²) in [6, 6.07) is -1.53. The highest BCUT2D eigenvalue weighted by Gasteiger charge is 2.46. The van der Waals surface area contributed by atoms with Crippen molar-refractivity contribution >= 4 is 21.8 Å². The number of nitrogens with zero attached hydrogens (tertiary/aromatic N) is 4. The van der Waals surface area contributed by atoms with Crippen LogP contribution in [0.15, 0.2) is 6.20 Å². The molecule has 0 radical (unpaired) electrons. The van der Waals surface area contributed by atoms with Gasteiger partial charge in [0.05, 0.1) is 23.6 Å². The fraction of sp³-hybridized carbons (Fsp3) is 0.833. The molecule has 0 bridgehead atoms. The van der Waals surface area contributed by atoms with Crippen molar-refractivity contribution in [2.24, 2.45) is 5.41 Å². The molecule has 1 saturated heterocycles. The lowest BCUT2D eigenvalue weighted by molar-refractivity contribution is -0.144. The van der Waals surface area contributed by atoms with Crippen molar-refractivity contribution in [2.45, 2.75) is 102 Å². The second-order valence-electron chi connectivity index (χ2n) is 12.0. The van der Waals surface area contributed by atoms with Crippen molar-refractivity contribution in [2.75, 3.05) is 19.3 Å². The number of nitrogens with one attached hydrogen (secondary N) is 2. The maximum atomic E-state index is 13.9. The first kappa shape index (κ1) is 27.0. The van der Waals surface area contributed by atoms with Crippen molar-refractivity contribution in [3.8, 4) is 0 Å². The molecular weight excluding hydrogens is 484 g/mol. The normalized spacial score (nSPS) is 25.5. The van der Waals surface area contributed by atoms with Gasteiger partial charge in [0.25, 0.3) is 0 Å². The molecule has 11 nitrogen and oxygen atoms in total. The Morgan fingerprint density at radius 3 is 2.47 bits per heavy atom. The van der Waals surface area contributed by atoms with Crippen LogP contribution in [0.1, 0.15) is 89.8 Å². The third-order valence-corrected chi connectivity index (χ3v) is 8.32. The molecule has 3 atom stereocenters. The van der Waals surface area contributed by atoms with Crippen LogP contribution in [0.3, 0.4) is 0 Å². The van der Waals surface area contributed by atoms with Gasteiger partial charge in [-0.25, -0.2) is 17.8 Å². The molecule has 1 aromatic rings. The number of aliphatic hydroxyl groups is 1. The first-order valence-corrected chi connectivity index (χ1v) is 14.8. The molecule has 2 amide bonds. The van der Waals surface area contributed by atoms with Gasteiger partial charge in [-0.1, -0.05) is 45.2 Å². The lowest BCUT2D eigenvalue weighted by Crippen LogP contribution is -2.58. The Hall–Kier alpha value is -2.05. The number of β-amino-alcohol motifs (C(OH)–C–C–N with tert-alkyl or cyclic N) is 1. The van der Waals surface area contributed by atoms with Crippen LogP contribution in [0.5, 0.6) is 0 Å². The largest absolute Gasteiger partial charge is 0.391 e. The third-order valence-electron chi connectivity index (χ3n) is 7.52. The summed E-state index contributed by atoms with van der Waals surface area (Å²) in [5.74, 6) is -0.271. The maximum absolute atomic E-state index is 13.9. The number of hydrogen-bond donors (Lipinski definition) is 3. The van der Waals surface area contributed by atoms with Crippen LogP contribution >= 0.6 is 0 Å². The van der Waals surface area contributed by atoms with Gasteiger partial charge < -0.3 is 15.3 Å². The van der Waals surface area contributed by atoms with Crippen LogP contribution in [-0.2, 0) is 19.6 Å². The Bertz CT molecular complexity index is 1070. The molecule has 1 aliphatic heterocycles. The van der Waals surface area contributed by atoms with Crippen molar-refractivity contribution in [1.82, 2.24) is 29.9 Å². The summed E-state index contributed by atoms with van der Waals surface area (Å²) in [4.78, 5) is 28.6. The highest BCUT2D eigenvalue weighted by Crippen LogP contribution is 2.40. The Kier molecular flexibility index (Phi) is 7.51. The SMILES string of the molecule is CC(C)(C)[C@@H](C(=O)N1CC(O)CC1C(=O)NCC1(NS(C)(=O)=O)CCCCC1)n1cc(C2CC2)nn1. The van der Waals surface area contributed by atoms with E-state index in [0.29, 0.717) is 18.8 Å². The highest BCUT2D eigenvalue weighted by molar-refractivity contribution is 7.88. The quantitative estimate of drug-likeness (QED) is 0.461. The van der Waals surface area contributed by atoms with Gasteiger partial charge in [-0.05, 0) is 31.1 Å².